The molecule has 0 aliphatic heterocycles. The van der Waals surface area contributed by atoms with Crippen LogP contribution in [0.1, 0.15) is 5.69 Å². The third-order valence-electron chi connectivity index (χ3n) is 1.90. The van der Waals surface area contributed by atoms with Crippen molar-refractivity contribution in [3.63, 3.8) is 0 Å². The zero-order chi connectivity index (χ0) is 12.0. The molecule has 0 saturated carbocycles. The molecule has 0 aromatic carbocycles. The van der Waals surface area contributed by atoms with Crippen LogP contribution in [0.25, 0.3) is 0 Å². The van der Waals surface area contributed by atoms with E-state index in [4.69, 9.17) is 10.4 Å². The third kappa shape index (κ3) is 3.10. The average Bonchev–Trinajstić information content (AvgIpc) is 2.28. The molecule has 1 aromatic rings. The minimum absolute atomic E-state index is 0.138. The molecule has 0 atom stereocenters. The van der Waals surface area contributed by atoms with E-state index < -0.39 is 5.97 Å². The Bertz CT molecular complexity index is 437. The van der Waals surface area contributed by atoms with Gasteiger partial charge in [0.1, 0.15) is 18.3 Å². The standard InChI is InChI=1S/C11H11N3O2/c1-2-5-14(8-11(15)16)10-3-4-13-9(6-10)7-12/h2-4,6H,1,5,8H2,(H,15,16). The van der Waals surface area contributed by atoms with Crippen molar-refractivity contribution in [3.8, 4) is 6.07 Å². The lowest BCUT2D eigenvalue weighted by molar-refractivity contribution is -0.135. The summed E-state index contributed by atoms with van der Waals surface area (Å²) in [7, 11) is 0. The smallest absolute Gasteiger partial charge is 0.323 e. The number of rotatable bonds is 5. The van der Waals surface area contributed by atoms with Gasteiger partial charge in [0.15, 0.2) is 0 Å². The SMILES string of the molecule is C=CCN(CC(=O)O)c1ccnc(C#N)c1. The number of aliphatic carboxylic acids is 1. The van der Waals surface area contributed by atoms with Gasteiger partial charge in [0.05, 0.1) is 0 Å². The summed E-state index contributed by atoms with van der Waals surface area (Å²) in [5.41, 5.74) is 0.908. The number of hydrogen-bond acceptors (Lipinski definition) is 4. The quantitative estimate of drug-likeness (QED) is 0.745. The van der Waals surface area contributed by atoms with Crippen LogP contribution in [0, 0.1) is 11.3 Å². The second-order valence-corrected chi connectivity index (χ2v) is 3.07. The number of nitriles is 1. The van der Waals surface area contributed by atoms with Crippen LogP contribution in [-0.2, 0) is 4.79 Å². The van der Waals surface area contributed by atoms with Crippen molar-refractivity contribution in [2.24, 2.45) is 0 Å². The summed E-state index contributed by atoms with van der Waals surface area (Å²) < 4.78 is 0. The van der Waals surface area contributed by atoms with Crippen LogP contribution >= 0.6 is 0 Å². The van der Waals surface area contributed by atoms with Crippen molar-refractivity contribution in [1.82, 2.24) is 4.98 Å². The number of nitrogens with zero attached hydrogens (tertiary/aromatic N) is 3. The van der Waals surface area contributed by atoms with Crippen molar-refractivity contribution in [3.05, 3.63) is 36.7 Å². The molecule has 0 fully saturated rings. The average molecular weight is 217 g/mol. The molecule has 0 amide bonds. The molecular formula is C11H11N3O2. The predicted molar refractivity (Wildman–Crippen MR) is 59.0 cm³/mol. The van der Waals surface area contributed by atoms with Crippen LogP contribution in [0.2, 0.25) is 0 Å². The topological polar surface area (TPSA) is 77.2 Å². The van der Waals surface area contributed by atoms with E-state index in [0.717, 1.165) is 0 Å². The van der Waals surface area contributed by atoms with Gasteiger partial charge in [-0.3, -0.25) is 4.79 Å². The van der Waals surface area contributed by atoms with Crippen LogP contribution < -0.4 is 4.90 Å². The molecule has 1 rings (SSSR count). The Hall–Kier alpha value is -2.35. The number of carboxylic acids is 1. The molecule has 1 heterocycles. The first-order valence-electron chi connectivity index (χ1n) is 4.61. The summed E-state index contributed by atoms with van der Waals surface area (Å²) in [4.78, 5) is 16.1. The van der Waals surface area contributed by atoms with E-state index in [1.807, 2.05) is 6.07 Å². The largest absolute Gasteiger partial charge is 0.480 e. The Morgan fingerprint density at radius 1 is 1.75 bits per heavy atom. The van der Waals surface area contributed by atoms with E-state index in [9.17, 15) is 4.79 Å². The zero-order valence-corrected chi connectivity index (χ0v) is 8.63. The van der Waals surface area contributed by atoms with Gasteiger partial charge in [0.25, 0.3) is 0 Å². The Morgan fingerprint density at radius 2 is 2.50 bits per heavy atom. The van der Waals surface area contributed by atoms with Crippen LogP contribution in [0.4, 0.5) is 5.69 Å². The second kappa shape index (κ2) is 5.51. The van der Waals surface area contributed by atoms with E-state index >= 15 is 0 Å². The molecule has 16 heavy (non-hydrogen) atoms. The Morgan fingerprint density at radius 3 is 3.06 bits per heavy atom. The van der Waals surface area contributed by atoms with Crippen LogP contribution in [0.3, 0.4) is 0 Å². The van der Waals surface area contributed by atoms with Crippen molar-refractivity contribution < 1.29 is 9.90 Å². The summed E-state index contributed by atoms with van der Waals surface area (Å²) in [5.74, 6) is -0.933. The minimum atomic E-state index is -0.933. The van der Waals surface area contributed by atoms with E-state index in [-0.39, 0.29) is 12.2 Å². The normalized spacial score (nSPS) is 9.19. The van der Waals surface area contributed by atoms with Gasteiger partial charge in [-0.05, 0) is 12.1 Å². The molecule has 82 valence electrons. The van der Waals surface area contributed by atoms with Crippen molar-refractivity contribution in [2.75, 3.05) is 18.0 Å². The number of carboxylic acid groups (broad SMARTS) is 1. The van der Waals surface area contributed by atoms with Gasteiger partial charge in [0, 0.05) is 18.4 Å². The Labute approximate surface area is 93.3 Å². The number of pyridine rings is 1. The summed E-state index contributed by atoms with van der Waals surface area (Å²) in [6, 6.07) is 5.11. The van der Waals surface area contributed by atoms with Gasteiger partial charge in [-0.2, -0.15) is 5.26 Å². The van der Waals surface area contributed by atoms with E-state index in [0.29, 0.717) is 12.2 Å². The fraction of sp³-hybridized carbons (Fsp3) is 0.182. The fourth-order valence-electron chi connectivity index (χ4n) is 1.26. The van der Waals surface area contributed by atoms with Gasteiger partial charge in [-0.15, -0.1) is 6.58 Å². The highest BCUT2D eigenvalue weighted by molar-refractivity contribution is 5.74. The molecule has 0 radical (unpaired) electrons. The number of anilines is 1. The number of aromatic nitrogens is 1. The lowest BCUT2D eigenvalue weighted by Gasteiger charge is -2.20. The summed E-state index contributed by atoms with van der Waals surface area (Å²) in [5, 5.41) is 17.4. The third-order valence-corrected chi connectivity index (χ3v) is 1.90. The van der Waals surface area contributed by atoms with Crippen LogP contribution in [-0.4, -0.2) is 29.1 Å². The Kier molecular flexibility index (Phi) is 4.04. The molecule has 0 aliphatic carbocycles. The lowest BCUT2D eigenvalue weighted by atomic mass is 10.3. The van der Waals surface area contributed by atoms with E-state index in [2.05, 4.69) is 11.6 Å². The number of hydrogen-bond donors (Lipinski definition) is 1. The second-order valence-electron chi connectivity index (χ2n) is 3.07. The molecule has 5 nitrogen and oxygen atoms in total. The molecule has 0 bridgehead atoms. The predicted octanol–water partition coefficient (Wildman–Crippen LogP) is 1.03. The summed E-state index contributed by atoms with van der Waals surface area (Å²) >= 11 is 0. The fourth-order valence-corrected chi connectivity index (χ4v) is 1.26. The highest BCUT2D eigenvalue weighted by atomic mass is 16.4. The van der Waals surface area contributed by atoms with Gasteiger partial charge >= 0.3 is 5.97 Å². The lowest BCUT2D eigenvalue weighted by Crippen LogP contribution is -2.29. The monoisotopic (exact) mass is 217 g/mol. The first-order chi connectivity index (χ1) is 7.67. The van der Waals surface area contributed by atoms with Crippen molar-refractivity contribution in [2.45, 2.75) is 0 Å². The molecule has 0 unspecified atom stereocenters. The van der Waals surface area contributed by atoms with Crippen molar-refractivity contribution in [1.29, 1.82) is 5.26 Å². The maximum atomic E-state index is 10.7. The molecule has 0 aliphatic rings. The van der Waals surface area contributed by atoms with Gasteiger partial charge in [-0.25, -0.2) is 4.98 Å². The van der Waals surface area contributed by atoms with E-state index in [1.54, 1.807) is 23.1 Å². The maximum absolute atomic E-state index is 10.7. The van der Waals surface area contributed by atoms with Gasteiger partial charge in [-0.1, -0.05) is 6.08 Å². The first kappa shape index (κ1) is 11.7. The zero-order valence-electron chi connectivity index (χ0n) is 8.63. The molecule has 5 heteroatoms. The molecule has 1 N–H and O–H groups in total. The molecular weight excluding hydrogens is 206 g/mol. The van der Waals surface area contributed by atoms with E-state index in [1.165, 1.54) is 6.20 Å². The van der Waals surface area contributed by atoms with Crippen LogP contribution in [0.5, 0.6) is 0 Å². The molecule has 0 spiro atoms. The molecule has 0 saturated heterocycles. The Balaban J connectivity index is 2.96. The van der Waals surface area contributed by atoms with Crippen molar-refractivity contribution >= 4 is 11.7 Å². The molecule has 1 aromatic heterocycles. The highest BCUT2D eigenvalue weighted by Gasteiger charge is 2.09. The first-order valence-corrected chi connectivity index (χ1v) is 4.61. The minimum Gasteiger partial charge on any atom is -0.480 e. The summed E-state index contributed by atoms with van der Waals surface area (Å²) in [6.45, 7) is 3.83. The van der Waals surface area contributed by atoms with Crippen LogP contribution in [0.15, 0.2) is 31.0 Å². The highest BCUT2D eigenvalue weighted by Crippen LogP contribution is 2.13. The maximum Gasteiger partial charge on any atom is 0.323 e. The summed E-state index contributed by atoms with van der Waals surface area (Å²) in [6.07, 6.45) is 3.08. The van der Waals surface area contributed by atoms with Gasteiger partial charge in [0.2, 0.25) is 0 Å². The van der Waals surface area contributed by atoms with Gasteiger partial charge < -0.3 is 10.0 Å². The number of carbonyl (C=O) groups is 1.